The van der Waals surface area contributed by atoms with E-state index in [0.29, 0.717) is 37.6 Å². The molecule has 1 N–H and O–H groups in total. The standard InChI is InChI=1S/C17H25N7O2/c1-11(2)5-6-16(25)23-9-14(15(10-23)24-8-7-18-22-24)19-12(3)17-20-13(4)21-26-17/h7-8,12,14-15,19H,1,5-6,9-10H2,2-4H3/t12-,14+,15-/m0/s1. The minimum absolute atomic E-state index is 0.00209. The van der Waals surface area contributed by atoms with Crippen molar-refractivity contribution in [1.82, 2.24) is 35.4 Å². The maximum absolute atomic E-state index is 12.5. The van der Waals surface area contributed by atoms with Gasteiger partial charge in [0.25, 0.3) is 0 Å². The number of aryl methyl sites for hydroxylation is 1. The van der Waals surface area contributed by atoms with Crippen LogP contribution in [0.2, 0.25) is 0 Å². The van der Waals surface area contributed by atoms with Crippen molar-refractivity contribution in [3.8, 4) is 0 Å². The molecule has 3 heterocycles. The Morgan fingerprint density at radius 1 is 1.46 bits per heavy atom. The fourth-order valence-electron chi connectivity index (χ4n) is 3.18. The van der Waals surface area contributed by atoms with Gasteiger partial charge in [-0.15, -0.1) is 11.7 Å². The van der Waals surface area contributed by atoms with Crippen LogP contribution in [0.3, 0.4) is 0 Å². The second-order valence-corrected chi connectivity index (χ2v) is 6.88. The number of amides is 1. The first-order chi connectivity index (χ1) is 12.4. The molecule has 140 valence electrons. The van der Waals surface area contributed by atoms with Crippen LogP contribution in [0.15, 0.2) is 29.1 Å². The predicted molar refractivity (Wildman–Crippen MR) is 94.1 cm³/mol. The Kier molecular flexibility index (Phi) is 5.46. The van der Waals surface area contributed by atoms with Crippen LogP contribution in [0.4, 0.5) is 0 Å². The van der Waals surface area contributed by atoms with Crippen LogP contribution in [-0.4, -0.2) is 55.1 Å². The van der Waals surface area contributed by atoms with Crippen LogP contribution in [0.5, 0.6) is 0 Å². The summed E-state index contributed by atoms with van der Waals surface area (Å²) in [5, 5.41) is 15.4. The van der Waals surface area contributed by atoms with Crippen molar-refractivity contribution in [2.24, 2.45) is 0 Å². The van der Waals surface area contributed by atoms with Gasteiger partial charge in [0.2, 0.25) is 11.8 Å². The number of rotatable bonds is 7. The van der Waals surface area contributed by atoms with Gasteiger partial charge in [0.05, 0.1) is 18.3 Å². The first-order valence-electron chi connectivity index (χ1n) is 8.78. The molecule has 1 fully saturated rings. The molecule has 0 unspecified atom stereocenters. The highest BCUT2D eigenvalue weighted by Gasteiger charge is 2.38. The normalized spacial score (nSPS) is 21.1. The van der Waals surface area contributed by atoms with Gasteiger partial charge >= 0.3 is 0 Å². The lowest BCUT2D eigenvalue weighted by molar-refractivity contribution is -0.130. The van der Waals surface area contributed by atoms with Gasteiger partial charge in [0.1, 0.15) is 0 Å². The summed E-state index contributed by atoms with van der Waals surface area (Å²) in [6, 6.07) is -0.122. The average molecular weight is 359 g/mol. The van der Waals surface area contributed by atoms with Crippen LogP contribution in [-0.2, 0) is 4.79 Å². The van der Waals surface area contributed by atoms with Crippen molar-refractivity contribution in [2.45, 2.75) is 51.7 Å². The van der Waals surface area contributed by atoms with E-state index in [4.69, 9.17) is 4.52 Å². The molecule has 1 aliphatic rings. The monoisotopic (exact) mass is 359 g/mol. The number of hydrogen-bond donors (Lipinski definition) is 1. The molecular formula is C17H25N7O2. The first kappa shape index (κ1) is 18.2. The molecule has 1 aliphatic heterocycles. The summed E-state index contributed by atoms with van der Waals surface area (Å²) in [5.74, 6) is 1.26. The van der Waals surface area contributed by atoms with Crippen molar-refractivity contribution in [3.63, 3.8) is 0 Å². The number of aromatic nitrogens is 5. The summed E-state index contributed by atoms with van der Waals surface area (Å²) < 4.78 is 7.05. The highest BCUT2D eigenvalue weighted by atomic mass is 16.5. The summed E-state index contributed by atoms with van der Waals surface area (Å²) in [5.41, 5.74) is 1.01. The summed E-state index contributed by atoms with van der Waals surface area (Å²) in [6.45, 7) is 10.7. The number of carbonyl (C=O) groups is 1. The van der Waals surface area contributed by atoms with Gasteiger partial charge in [-0.05, 0) is 27.2 Å². The largest absolute Gasteiger partial charge is 0.339 e. The van der Waals surface area contributed by atoms with Crippen molar-refractivity contribution in [2.75, 3.05) is 13.1 Å². The van der Waals surface area contributed by atoms with E-state index < -0.39 is 0 Å². The zero-order valence-electron chi connectivity index (χ0n) is 15.4. The van der Waals surface area contributed by atoms with Gasteiger partial charge < -0.3 is 9.42 Å². The van der Waals surface area contributed by atoms with Crippen LogP contribution >= 0.6 is 0 Å². The second kappa shape index (κ2) is 7.77. The van der Waals surface area contributed by atoms with E-state index in [2.05, 4.69) is 32.3 Å². The molecule has 0 aliphatic carbocycles. The van der Waals surface area contributed by atoms with Crippen molar-refractivity contribution < 1.29 is 9.32 Å². The molecule has 1 amide bonds. The molecule has 2 aromatic rings. The lowest BCUT2D eigenvalue weighted by atomic mass is 10.1. The third-order valence-corrected chi connectivity index (χ3v) is 4.57. The zero-order chi connectivity index (χ0) is 18.7. The molecule has 2 aromatic heterocycles. The molecule has 0 spiro atoms. The Morgan fingerprint density at radius 2 is 2.27 bits per heavy atom. The minimum Gasteiger partial charge on any atom is -0.339 e. The van der Waals surface area contributed by atoms with Crippen LogP contribution in [0.1, 0.15) is 50.5 Å². The molecule has 0 bridgehead atoms. The third-order valence-electron chi connectivity index (χ3n) is 4.57. The average Bonchev–Trinajstić information content (AvgIpc) is 3.32. The van der Waals surface area contributed by atoms with E-state index in [1.807, 2.05) is 24.9 Å². The smallest absolute Gasteiger partial charge is 0.243 e. The fraction of sp³-hybridized carbons (Fsp3) is 0.588. The molecular weight excluding hydrogens is 334 g/mol. The Hall–Kier alpha value is -2.55. The highest BCUT2D eigenvalue weighted by Crippen LogP contribution is 2.25. The van der Waals surface area contributed by atoms with E-state index in [9.17, 15) is 4.79 Å². The van der Waals surface area contributed by atoms with E-state index >= 15 is 0 Å². The minimum atomic E-state index is -0.127. The van der Waals surface area contributed by atoms with E-state index in [1.165, 1.54) is 0 Å². The van der Waals surface area contributed by atoms with Crippen molar-refractivity contribution in [1.29, 1.82) is 0 Å². The maximum atomic E-state index is 12.5. The number of hydrogen-bond acceptors (Lipinski definition) is 7. The number of nitrogens with zero attached hydrogens (tertiary/aromatic N) is 6. The summed E-state index contributed by atoms with van der Waals surface area (Å²) in [7, 11) is 0. The second-order valence-electron chi connectivity index (χ2n) is 6.88. The zero-order valence-corrected chi connectivity index (χ0v) is 15.4. The Morgan fingerprint density at radius 3 is 2.88 bits per heavy atom. The lowest BCUT2D eigenvalue weighted by Crippen LogP contribution is -2.39. The maximum Gasteiger partial charge on any atom is 0.243 e. The molecule has 3 rings (SSSR count). The lowest BCUT2D eigenvalue weighted by Gasteiger charge is -2.22. The topological polar surface area (TPSA) is 102 Å². The Balaban J connectivity index is 1.70. The number of carbonyl (C=O) groups excluding carboxylic acids is 1. The molecule has 9 nitrogen and oxygen atoms in total. The van der Waals surface area contributed by atoms with E-state index in [0.717, 1.165) is 5.57 Å². The van der Waals surface area contributed by atoms with Crippen molar-refractivity contribution in [3.05, 3.63) is 36.3 Å². The van der Waals surface area contributed by atoms with Gasteiger partial charge in [0.15, 0.2) is 5.82 Å². The van der Waals surface area contributed by atoms with Gasteiger partial charge in [-0.1, -0.05) is 15.9 Å². The van der Waals surface area contributed by atoms with E-state index in [-0.39, 0.29) is 24.0 Å². The number of likely N-dealkylation sites (tertiary alicyclic amines) is 1. The van der Waals surface area contributed by atoms with E-state index in [1.54, 1.807) is 17.8 Å². The van der Waals surface area contributed by atoms with Gasteiger partial charge in [-0.2, -0.15) is 4.98 Å². The number of allylic oxidation sites excluding steroid dienone is 1. The summed E-state index contributed by atoms with van der Waals surface area (Å²) in [6.07, 6.45) is 4.65. The quantitative estimate of drug-likeness (QED) is 0.746. The summed E-state index contributed by atoms with van der Waals surface area (Å²) in [4.78, 5) is 18.7. The Labute approximate surface area is 152 Å². The van der Waals surface area contributed by atoms with Crippen LogP contribution in [0.25, 0.3) is 0 Å². The van der Waals surface area contributed by atoms with Crippen molar-refractivity contribution >= 4 is 5.91 Å². The number of nitrogens with one attached hydrogen (secondary N) is 1. The van der Waals surface area contributed by atoms with Gasteiger partial charge in [-0.25, -0.2) is 4.68 Å². The third kappa shape index (κ3) is 4.16. The molecule has 0 radical (unpaired) electrons. The molecule has 1 saturated heterocycles. The fourth-order valence-corrected chi connectivity index (χ4v) is 3.18. The summed E-state index contributed by atoms with van der Waals surface area (Å²) >= 11 is 0. The van der Waals surface area contributed by atoms with Crippen LogP contribution < -0.4 is 5.32 Å². The first-order valence-corrected chi connectivity index (χ1v) is 8.78. The predicted octanol–water partition coefficient (Wildman–Crippen LogP) is 1.43. The molecule has 9 heteroatoms. The molecule has 26 heavy (non-hydrogen) atoms. The van der Waals surface area contributed by atoms with Gasteiger partial charge in [0, 0.05) is 31.7 Å². The molecule has 0 saturated carbocycles. The molecule has 0 aromatic carbocycles. The SMILES string of the molecule is C=C(C)CCC(=O)N1C[C@@H](N[C@@H](C)c2nc(C)no2)[C@@H](n2ccnn2)C1. The van der Waals surface area contributed by atoms with Gasteiger partial charge in [-0.3, -0.25) is 10.1 Å². The van der Waals surface area contributed by atoms with Crippen LogP contribution in [0, 0.1) is 6.92 Å². The Bertz CT molecular complexity index is 755. The molecule has 3 atom stereocenters. The highest BCUT2D eigenvalue weighted by molar-refractivity contribution is 5.76.